The minimum Gasteiger partial charge on any atom is -0.402 e. The summed E-state index contributed by atoms with van der Waals surface area (Å²) in [6, 6.07) is 0. The Morgan fingerprint density at radius 2 is 1.94 bits per heavy atom. The smallest absolute Gasteiger partial charge is 0.209 e. The second-order valence-electron chi connectivity index (χ2n) is 4.26. The summed E-state index contributed by atoms with van der Waals surface area (Å²) in [6.45, 7) is 0.863. The number of halogens is 2. The molecule has 1 fully saturated rings. The molecule has 0 atom stereocenters. The number of amides is 1. The van der Waals surface area contributed by atoms with E-state index in [9.17, 15) is 9.18 Å². The summed E-state index contributed by atoms with van der Waals surface area (Å²) in [5.41, 5.74) is 9.97. The molecule has 1 rings (SSSR count). The predicted octanol–water partition coefficient (Wildman–Crippen LogP) is 1.22. The molecule has 96 valence electrons. The van der Waals surface area contributed by atoms with Crippen LogP contribution >= 0.6 is 11.6 Å². The molecule has 6 heteroatoms. The van der Waals surface area contributed by atoms with E-state index in [-0.39, 0.29) is 11.6 Å². The Balaban J connectivity index is 2.53. The van der Waals surface area contributed by atoms with Crippen molar-refractivity contribution >= 4 is 18.0 Å². The summed E-state index contributed by atoms with van der Waals surface area (Å²) in [5, 5.41) is 0.108. The lowest BCUT2D eigenvalue weighted by Gasteiger charge is -2.34. The number of rotatable bonds is 4. The van der Waals surface area contributed by atoms with Crippen LogP contribution in [0, 0.1) is 0 Å². The van der Waals surface area contributed by atoms with Crippen LogP contribution in [0.4, 0.5) is 4.39 Å². The highest BCUT2D eigenvalue weighted by Crippen LogP contribution is 2.31. The Labute approximate surface area is 105 Å². The largest absolute Gasteiger partial charge is 0.402 e. The second kappa shape index (κ2) is 5.91. The number of nitrogens with two attached hydrogens (primary N) is 2. The van der Waals surface area contributed by atoms with Crippen LogP contribution in [0.25, 0.3) is 0 Å². The van der Waals surface area contributed by atoms with Crippen LogP contribution in [0.2, 0.25) is 0 Å². The van der Waals surface area contributed by atoms with Gasteiger partial charge in [-0.2, -0.15) is 0 Å². The van der Waals surface area contributed by atoms with Gasteiger partial charge in [-0.25, -0.2) is 4.39 Å². The van der Waals surface area contributed by atoms with Crippen LogP contribution in [0.3, 0.4) is 0 Å². The van der Waals surface area contributed by atoms with E-state index >= 15 is 0 Å². The zero-order valence-electron chi connectivity index (χ0n) is 9.53. The van der Waals surface area contributed by atoms with Gasteiger partial charge in [0.1, 0.15) is 5.67 Å². The highest BCUT2D eigenvalue weighted by atomic mass is 35.5. The normalized spacial score (nSPS) is 21.4. The Kier molecular flexibility index (Phi) is 4.81. The van der Waals surface area contributed by atoms with Gasteiger partial charge in [-0.15, -0.1) is 0 Å². The highest BCUT2D eigenvalue weighted by Gasteiger charge is 2.34. The Bertz CT molecular complexity index is 332. The zero-order valence-corrected chi connectivity index (χ0v) is 10.3. The number of likely N-dealkylation sites (tertiary alicyclic amines) is 1. The summed E-state index contributed by atoms with van der Waals surface area (Å²) >= 11 is 5.44. The van der Waals surface area contributed by atoms with Gasteiger partial charge in [-0.3, -0.25) is 4.79 Å². The van der Waals surface area contributed by atoms with Crippen LogP contribution < -0.4 is 11.5 Å². The van der Waals surface area contributed by atoms with Crippen molar-refractivity contribution in [2.24, 2.45) is 11.5 Å². The minimum atomic E-state index is -1.34. The number of nitrogens with zero attached hydrogens (tertiary/aromatic N) is 1. The van der Waals surface area contributed by atoms with Crippen molar-refractivity contribution in [2.75, 3.05) is 13.1 Å². The lowest BCUT2D eigenvalue weighted by atomic mass is 9.89. The molecule has 17 heavy (non-hydrogen) atoms. The molecule has 0 saturated carbocycles. The van der Waals surface area contributed by atoms with Gasteiger partial charge in [0, 0.05) is 25.2 Å². The van der Waals surface area contributed by atoms with Crippen molar-refractivity contribution in [1.82, 2.24) is 4.90 Å². The zero-order chi connectivity index (χ0) is 12.9. The van der Waals surface area contributed by atoms with E-state index in [2.05, 4.69) is 0 Å². The molecule has 0 aromatic carbocycles. The topological polar surface area (TPSA) is 72.3 Å². The van der Waals surface area contributed by atoms with E-state index in [4.69, 9.17) is 23.1 Å². The van der Waals surface area contributed by atoms with Crippen LogP contribution in [0.15, 0.2) is 23.0 Å². The molecule has 1 saturated heterocycles. The van der Waals surface area contributed by atoms with E-state index < -0.39 is 5.67 Å². The Morgan fingerprint density at radius 3 is 2.41 bits per heavy atom. The fraction of sp³-hybridized carbons (Fsp3) is 0.545. The first-order valence-electron chi connectivity index (χ1n) is 5.41. The van der Waals surface area contributed by atoms with Crippen LogP contribution in [0.1, 0.15) is 19.3 Å². The molecule has 0 aromatic heterocycles. The van der Waals surface area contributed by atoms with Crippen molar-refractivity contribution in [2.45, 2.75) is 24.9 Å². The lowest BCUT2D eigenvalue weighted by molar-refractivity contribution is -0.120. The molecule has 1 aliphatic heterocycles. The first-order chi connectivity index (χ1) is 7.95. The van der Waals surface area contributed by atoms with Gasteiger partial charge in [-0.05, 0) is 25.0 Å². The van der Waals surface area contributed by atoms with Gasteiger partial charge in [0.15, 0.2) is 0 Å². The molecule has 0 radical (unpaired) electrons. The van der Waals surface area contributed by atoms with Gasteiger partial charge in [-0.1, -0.05) is 11.6 Å². The third kappa shape index (κ3) is 4.65. The van der Waals surface area contributed by atoms with E-state index in [1.165, 1.54) is 12.2 Å². The van der Waals surface area contributed by atoms with E-state index in [1.54, 1.807) is 4.90 Å². The third-order valence-corrected chi connectivity index (χ3v) is 2.95. The summed E-state index contributed by atoms with van der Waals surface area (Å²) < 4.78 is 14.3. The molecule has 4 nitrogen and oxygen atoms in total. The van der Waals surface area contributed by atoms with Gasteiger partial charge < -0.3 is 16.4 Å². The molecule has 1 aliphatic rings. The van der Waals surface area contributed by atoms with Crippen molar-refractivity contribution in [3.05, 3.63) is 23.0 Å². The number of alkyl halides is 1. The first kappa shape index (κ1) is 13.8. The SMILES string of the molecule is N/C(=C\C=C(/N)Cl)CC1(F)CCN(C=O)CC1. The van der Waals surface area contributed by atoms with Crippen molar-refractivity contribution < 1.29 is 9.18 Å². The number of allylic oxidation sites excluding steroid dienone is 3. The standard InChI is InChI=1S/C11H17ClFN3O/c12-10(15)2-1-9(14)7-11(13)3-5-16(8-17)6-4-11/h1-2,8H,3-7,14-15H2/b9-1-,10-2-. The van der Waals surface area contributed by atoms with Crippen molar-refractivity contribution in [3.63, 3.8) is 0 Å². The molecule has 0 aromatic rings. The molecule has 0 bridgehead atoms. The van der Waals surface area contributed by atoms with E-state index in [1.807, 2.05) is 0 Å². The van der Waals surface area contributed by atoms with E-state index in [0.717, 1.165) is 6.41 Å². The van der Waals surface area contributed by atoms with Gasteiger partial charge in [0.25, 0.3) is 0 Å². The van der Waals surface area contributed by atoms with Crippen LogP contribution in [-0.4, -0.2) is 30.1 Å². The lowest BCUT2D eigenvalue weighted by Crippen LogP contribution is -2.41. The van der Waals surface area contributed by atoms with Crippen molar-refractivity contribution in [3.8, 4) is 0 Å². The number of carbonyl (C=O) groups is 1. The number of piperidine rings is 1. The fourth-order valence-electron chi connectivity index (χ4n) is 1.82. The summed E-state index contributed by atoms with van der Waals surface area (Å²) in [7, 11) is 0. The van der Waals surface area contributed by atoms with Gasteiger partial charge in [0.05, 0.1) is 5.16 Å². The average molecular weight is 262 g/mol. The molecule has 1 heterocycles. The van der Waals surface area contributed by atoms with Gasteiger partial charge in [0.2, 0.25) is 6.41 Å². The summed E-state index contributed by atoms with van der Waals surface area (Å²) in [4.78, 5) is 12.1. The number of carbonyl (C=O) groups excluding carboxylic acids is 1. The molecule has 0 unspecified atom stereocenters. The van der Waals surface area contributed by atoms with Crippen LogP contribution in [0.5, 0.6) is 0 Å². The van der Waals surface area contributed by atoms with E-state index in [0.29, 0.717) is 31.6 Å². The maximum atomic E-state index is 14.3. The molecule has 0 spiro atoms. The fourth-order valence-corrected chi connectivity index (χ4v) is 1.88. The molecular weight excluding hydrogens is 245 g/mol. The first-order valence-corrected chi connectivity index (χ1v) is 5.78. The highest BCUT2D eigenvalue weighted by molar-refractivity contribution is 6.29. The molecule has 4 N–H and O–H groups in total. The molecule has 0 aliphatic carbocycles. The molecule has 1 amide bonds. The quantitative estimate of drug-likeness (QED) is 0.454. The third-order valence-electron chi connectivity index (χ3n) is 2.82. The minimum absolute atomic E-state index is 0.108. The predicted molar refractivity (Wildman–Crippen MR) is 65.7 cm³/mol. The average Bonchev–Trinajstić information content (AvgIpc) is 2.27. The number of hydrogen-bond donors (Lipinski definition) is 2. The number of hydrogen-bond acceptors (Lipinski definition) is 3. The molecular formula is C11H17ClFN3O. The monoisotopic (exact) mass is 261 g/mol. The van der Waals surface area contributed by atoms with Crippen molar-refractivity contribution in [1.29, 1.82) is 0 Å². The second-order valence-corrected chi connectivity index (χ2v) is 4.70. The maximum absolute atomic E-state index is 14.3. The Morgan fingerprint density at radius 1 is 1.35 bits per heavy atom. The summed E-state index contributed by atoms with van der Waals surface area (Å²) in [5.74, 6) is 0. The Hall–Kier alpha value is -1.23. The maximum Gasteiger partial charge on any atom is 0.209 e. The summed E-state index contributed by atoms with van der Waals surface area (Å²) in [6.07, 6.45) is 4.44. The van der Waals surface area contributed by atoms with Gasteiger partial charge >= 0.3 is 0 Å². The van der Waals surface area contributed by atoms with Crippen LogP contribution in [-0.2, 0) is 4.79 Å².